The smallest absolute Gasteiger partial charge is 0.318 e. The topological polar surface area (TPSA) is 78.9 Å². The molecular formula is C29H38ClN5O3S. The van der Waals surface area contributed by atoms with Crippen molar-refractivity contribution in [3.8, 4) is 6.01 Å². The maximum atomic E-state index is 11.7. The molecule has 0 spiro atoms. The summed E-state index contributed by atoms with van der Waals surface area (Å²) in [5.41, 5.74) is 3.04. The van der Waals surface area contributed by atoms with Gasteiger partial charge in [0.2, 0.25) is 0 Å². The fourth-order valence-corrected chi connectivity index (χ4v) is 6.09. The van der Waals surface area contributed by atoms with E-state index in [0.717, 1.165) is 56.9 Å². The van der Waals surface area contributed by atoms with Crippen molar-refractivity contribution in [1.82, 2.24) is 14.9 Å². The molecule has 0 N–H and O–H groups in total. The number of ether oxygens (including phenoxy) is 1. The molecule has 0 atom stereocenters. The predicted molar refractivity (Wildman–Crippen MR) is 161 cm³/mol. The number of fused-ring (bicyclic) bond motifs is 2. The average molecular weight is 572 g/mol. The van der Waals surface area contributed by atoms with Gasteiger partial charge in [0.05, 0.1) is 30.1 Å². The van der Waals surface area contributed by atoms with Gasteiger partial charge in [-0.2, -0.15) is 9.97 Å². The quantitative estimate of drug-likeness (QED) is 0.376. The maximum absolute atomic E-state index is 11.7. The van der Waals surface area contributed by atoms with Crippen molar-refractivity contribution in [1.29, 1.82) is 0 Å². The molecule has 0 aliphatic carbocycles. The van der Waals surface area contributed by atoms with E-state index >= 15 is 0 Å². The van der Waals surface area contributed by atoms with E-state index in [4.69, 9.17) is 16.3 Å². The summed E-state index contributed by atoms with van der Waals surface area (Å²) in [5, 5.41) is 3.87. The summed E-state index contributed by atoms with van der Waals surface area (Å²) in [6.45, 7) is 7.95. The molecule has 3 heterocycles. The molecule has 2 aromatic carbocycles. The van der Waals surface area contributed by atoms with Crippen LogP contribution in [0.3, 0.4) is 0 Å². The SMILES string of the molecule is C=CS(=O)(=O)CCCN(C)c1nc(OC)nc2c1CCN(c1cccc3cccc(Cl)c13)C2.CN1CCCC1. The summed E-state index contributed by atoms with van der Waals surface area (Å²) >= 11 is 6.56. The highest BCUT2D eigenvalue weighted by atomic mass is 35.5. The minimum Gasteiger partial charge on any atom is -0.467 e. The summed E-state index contributed by atoms with van der Waals surface area (Å²) in [5.74, 6) is 0.837. The van der Waals surface area contributed by atoms with E-state index in [1.165, 1.54) is 25.9 Å². The van der Waals surface area contributed by atoms with Gasteiger partial charge in [0.25, 0.3) is 0 Å². The number of likely N-dealkylation sites (tertiary alicyclic amines) is 1. The van der Waals surface area contributed by atoms with Gasteiger partial charge in [0.15, 0.2) is 9.84 Å². The lowest BCUT2D eigenvalue weighted by molar-refractivity contribution is 0.376. The van der Waals surface area contributed by atoms with Gasteiger partial charge in [-0.05, 0) is 63.3 Å². The number of hydrogen-bond acceptors (Lipinski definition) is 8. The lowest BCUT2D eigenvalue weighted by Crippen LogP contribution is -2.34. The Balaban J connectivity index is 0.000000519. The van der Waals surface area contributed by atoms with Crippen LogP contribution < -0.4 is 14.5 Å². The van der Waals surface area contributed by atoms with Crippen molar-refractivity contribution in [2.45, 2.75) is 32.2 Å². The van der Waals surface area contributed by atoms with E-state index in [9.17, 15) is 8.42 Å². The first-order chi connectivity index (χ1) is 18.7. The van der Waals surface area contributed by atoms with Crippen LogP contribution in [-0.2, 0) is 22.8 Å². The van der Waals surface area contributed by atoms with E-state index < -0.39 is 9.84 Å². The molecule has 0 bridgehead atoms. The molecule has 8 nitrogen and oxygen atoms in total. The Labute approximate surface area is 237 Å². The monoisotopic (exact) mass is 571 g/mol. The minimum absolute atomic E-state index is 0.0564. The average Bonchev–Trinajstić information content (AvgIpc) is 3.43. The first-order valence-corrected chi connectivity index (χ1v) is 15.4. The second-order valence-corrected chi connectivity index (χ2v) is 12.5. The molecule has 5 rings (SSSR count). The van der Waals surface area contributed by atoms with Crippen LogP contribution in [0.1, 0.15) is 30.5 Å². The largest absolute Gasteiger partial charge is 0.467 e. The van der Waals surface area contributed by atoms with Gasteiger partial charge in [-0.25, -0.2) is 8.42 Å². The first kappa shape index (κ1) is 29.1. The molecule has 0 saturated carbocycles. The van der Waals surface area contributed by atoms with E-state index in [1.54, 1.807) is 7.11 Å². The number of halogens is 1. The zero-order valence-electron chi connectivity index (χ0n) is 23.1. The summed E-state index contributed by atoms with van der Waals surface area (Å²) in [7, 11) is 2.41. The Bertz CT molecular complexity index is 1400. The van der Waals surface area contributed by atoms with Crippen molar-refractivity contribution in [2.75, 3.05) is 62.9 Å². The molecule has 10 heteroatoms. The van der Waals surface area contributed by atoms with Gasteiger partial charge < -0.3 is 19.4 Å². The van der Waals surface area contributed by atoms with E-state index in [0.29, 0.717) is 25.5 Å². The van der Waals surface area contributed by atoms with Crippen LogP contribution in [0.15, 0.2) is 48.4 Å². The Morgan fingerprint density at radius 3 is 2.49 bits per heavy atom. The fourth-order valence-electron chi connectivity index (χ4n) is 5.11. The Kier molecular flexibility index (Phi) is 9.69. The van der Waals surface area contributed by atoms with Gasteiger partial charge in [0, 0.05) is 42.2 Å². The van der Waals surface area contributed by atoms with Crippen LogP contribution in [0.25, 0.3) is 10.8 Å². The second-order valence-electron chi connectivity index (χ2n) is 10.1. The summed E-state index contributed by atoms with van der Waals surface area (Å²) in [4.78, 5) is 15.8. The van der Waals surface area contributed by atoms with Crippen LogP contribution >= 0.6 is 11.6 Å². The van der Waals surface area contributed by atoms with Crippen LogP contribution in [0.5, 0.6) is 6.01 Å². The Morgan fingerprint density at radius 1 is 1.13 bits per heavy atom. The summed E-state index contributed by atoms with van der Waals surface area (Å²) < 4.78 is 28.9. The molecule has 210 valence electrons. The molecule has 0 unspecified atom stereocenters. The molecule has 1 saturated heterocycles. The standard InChI is InChI=1S/C24H27ClN4O3S.C5H11N/c1-4-33(30,31)15-7-13-28(2)23-18-12-14-29(16-20(18)26-24(27-23)32-3)21-11-6-9-17-8-5-10-19(25)22(17)21;1-6-4-2-3-5-6/h4-6,8-11H,1,7,12-16H2,2-3H3;2-5H2,1H3. The number of aromatic nitrogens is 2. The van der Waals surface area contributed by atoms with Gasteiger partial charge in [-0.3, -0.25) is 0 Å². The number of rotatable bonds is 8. The molecule has 3 aromatic rings. The van der Waals surface area contributed by atoms with Gasteiger partial charge >= 0.3 is 6.01 Å². The number of sulfone groups is 1. The number of benzene rings is 2. The highest BCUT2D eigenvalue weighted by molar-refractivity contribution is 7.94. The van der Waals surface area contributed by atoms with E-state index in [2.05, 4.69) is 51.6 Å². The fraction of sp³-hybridized carbons (Fsp3) is 0.448. The normalized spacial score (nSPS) is 15.4. The Morgan fingerprint density at radius 2 is 1.85 bits per heavy atom. The zero-order valence-corrected chi connectivity index (χ0v) is 24.6. The minimum atomic E-state index is -3.22. The third-order valence-corrected chi connectivity index (χ3v) is 8.93. The first-order valence-electron chi connectivity index (χ1n) is 13.3. The number of nitrogens with zero attached hydrogens (tertiary/aromatic N) is 5. The van der Waals surface area contributed by atoms with Crippen LogP contribution in [0.2, 0.25) is 5.02 Å². The van der Waals surface area contributed by atoms with Crippen molar-refractivity contribution in [3.05, 3.63) is 64.7 Å². The third-order valence-electron chi connectivity index (χ3n) is 7.25. The summed E-state index contributed by atoms with van der Waals surface area (Å²) in [6.07, 6.45) is 4.06. The third kappa shape index (κ3) is 7.21. The summed E-state index contributed by atoms with van der Waals surface area (Å²) in [6, 6.07) is 12.4. The van der Waals surface area contributed by atoms with Crippen molar-refractivity contribution < 1.29 is 13.2 Å². The zero-order chi connectivity index (χ0) is 28.0. The second kappa shape index (κ2) is 13.0. The van der Waals surface area contributed by atoms with Crippen molar-refractivity contribution in [3.63, 3.8) is 0 Å². The van der Waals surface area contributed by atoms with E-state index in [-0.39, 0.29) is 5.75 Å². The van der Waals surface area contributed by atoms with Crippen LogP contribution in [-0.4, -0.2) is 76.4 Å². The lowest BCUT2D eigenvalue weighted by atomic mass is 10.0. The molecule has 2 aliphatic heterocycles. The van der Waals surface area contributed by atoms with Crippen LogP contribution in [0, 0.1) is 0 Å². The molecule has 0 radical (unpaired) electrons. The predicted octanol–water partition coefficient (Wildman–Crippen LogP) is 4.95. The maximum Gasteiger partial charge on any atom is 0.318 e. The number of methoxy groups -OCH3 is 1. The Hall–Kier alpha value is -2.88. The van der Waals surface area contributed by atoms with Crippen LogP contribution in [0.4, 0.5) is 11.5 Å². The van der Waals surface area contributed by atoms with Gasteiger partial charge in [-0.1, -0.05) is 42.4 Å². The van der Waals surface area contributed by atoms with Crippen molar-refractivity contribution in [2.24, 2.45) is 0 Å². The lowest BCUT2D eigenvalue weighted by Gasteiger charge is -2.33. The molecule has 0 amide bonds. The molecule has 2 aliphatic rings. The highest BCUT2D eigenvalue weighted by Gasteiger charge is 2.26. The van der Waals surface area contributed by atoms with Gasteiger partial charge in [-0.15, -0.1) is 0 Å². The molecular weight excluding hydrogens is 534 g/mol. The molecule has 1 fully saturated rings. The highest BCUT2D eigenvalue weighted by Crippen LogP contribution is 2.36. The van der Waals surface area contributed by atoms with E-state index in [1.807, 2.05) is 30.1 Å². The number of anilines is 2. The number of hydrogen-bond donors (Lipinski definition) is 0. The van der Waals surface area contributed by atoms with Gasteiger partial charge in [0.1, 0.15) is 5.82 Å². The molecule has 1 aromatic heterocycles. The van der Waals surface area contributed by atoms with Crippen molar-refractivity contribution >= 4 is 43.7 Å². The molecule has 39 heavy (non-hydrogen) atoms.